The normalized spacial score (nSPS) is 12.5. The highest BCUT2D eigenvalue weighted by Crippen LogP contribution is 2.13. The molecule has 0 bridgehead atoms. The summed E-state index contributed by atoms with van der Waals surface area (Å²) in [6.45, 7) is 8.26. The average molecular weight is 522 g/mol. The molecule has 2 atom stereocenters. The van der Waals surface area contributed by atoms with Crippen LogP contribution in [-0.2, 0) is 20.9 Å². The number of ether oxygens (including phenoxy) is 1. The van der Waals surface area contributed by atoms with Crippen molar-refractivity contribution in [3.8, 4) is 0 Å². The van der Waals surface area contributed by atoms with Crippen molar-refractivity contribution in [3.63, 3.8) is 0 Å². The van der Waals surface area contributed by atoms with Crippen LogP contribution in [0, 0.1) is 5.92 Å². The fourth-order valence-corrected chi connectivity index (χ4v) is 3.10. The minimum absolute atomic E-state index is 0.0969. The number of nitrogens with two attached hydrogens (primary N) is 2. The van der Waals surface area contributed by atoms with E-state index in [-0.39, 0.29) is 25.5 Å². The van der Waals surface area contributed by atoms with Crippen LogP contribution in [0.1, 0.15) is 39.2 Å². The van der Waals surface area contributed by atoms with E-state index in [1.165, 1.54) is 4.90 Å². The van der Waals surface area contributed by atoms with Crippen molar-refractivity contribution < 1.29 is 23.9 Å². The molecule has 0 aliphatic heterocycles. The molecule has 5 amide bonds. The highest BCUT2D eigenvalue weighted by atomic mass is 16.6. The highest BCUT2D eigenvalue weighted by molar-refractivity contribution is 5.97. The predicted molar refractivity (Wildman–Crippen MR) is 143 cm³/mol. The van der Waals surface area contributed by atoms with Gasteiger partial charge in [-0.25, -0.2) is 9.59 Å². The first-order chi connectivity index (χ1) is 17.4. The lowest BCUT2D eigenvalue weighted by Gasteiger charge is -2.22. The van der Waals surface area contributed by atoms with Gasteiger partial charge >= 0.3 is 12.1 Å². The third-order valence-electron chi connectivity index (χ3n) is 5.88. The van der Waals surface area contributed by atoms with Crippen LogP contribution >= 0.6 is 0 Å². The highest BCUT2D eigenvalue weighted by Gasteiger charge is 2.25. The maximum absolute atomic E-state index is 12.9. The number of anilines is 1. The summed E-state index contributed by atoms with van der Waals surface area (Å²) >= 11 is 0. The van der Waals surface area contributed by atoms with Gasteiger partial charge in [0.05, 0.1) is 6.04 Å². The number of hydrogen-bond donors (Lipinski definition) is 5. The zero-order valence-electron chi connectivity index (χ0n) is 22.6. The Labute approximate surface area is 219 Å². The van der Waals surface area contributed by atoms with Crippen LogP contribution in [-0.4, -0.2) is 86.1 Å². The minimum atomic E-state index is -0.852. The molecule has 7 N–H and O–H groups in total. The van der Waals surface area contributed by atoms with Crippen LogP contribution in [0.4, 0.5) is 15.3 Å². The maximum Gasteiger partial charge on any atom is 0.409 e. The van der Waals surface area contributed by atoms with E-state index in [1.807, 2.05) is 27.8 Å². The van der Waals surface area contributed by atoms with Gasteiger partial charge in [0.25, 0.3) is 0 Å². The Hall–Kier alpha value is -3.38. The second-order valence-corrected chi connectivity index (χ2v) is 9.32. The molecule has 0 fully saturated rings. The standard InChI is InChI=1S/C25H43N7O5/c1-6-31(4)14-15-32(5)25(36)37-16-18-9-11-19(12-10-18)29-22(33)20(8-7-13-28-24(27)35)30-23(34)21(26)17(2)3/h9-12,17,20-21H,6-8,13-16,26H2,1-5H3,(H,29,33)(H,30,34)(H3,27,28,35)/t20-,21?/m0/s1. The summed E-state index contributed by atoms with van der Waals surface area (Å²) in [6.07, 6.45) is 0.287. The SMILES string of the molecule is CCN(C)CCN(C)C(=O)OCc1ccc(NC(=O)[C@H](CCCNC(N)=O)NC(=O)C(N)C(C)C)cc1. The summed E-state index contributed by atoms with van der Waals surface area (Å²) in [7, 11) is 3.68. The molecule has 12 nitrogen and oxygen atoms in total. The molecule has 0 spiro atoms. The molecule has 208 valence electrons. The van der Waals surface area contributed by atoms with Gasteiger partial charge < -0.3 is 42.0 Å². The van der Waals surface area contributed by atoms with Gasteiger partial charge in [0, 0.05) is 32.4 Å². The van der Waals surface area contributed by atoms with Gasteiger partial charge in [0.2, 0.25) is 11.8 Å². The fourth-order valence-electron chi connectivity index (χ4n) is 3.10. The number of nitrogens with one attached hydrogen (secondary N) is 3. The van der Waals surface area contributed by atoms with Crippen LogP contribution in [0.3, 0.4) is 0 Å². The Morgan fingerprint density at radius 2 is 1.68 bits per heavy atom. The Kier molecular flexibility index (Phi) is 14.0. The van der Waals surface area contributed by atoms with Crippen molar-refractivity contribution in [1.29, 1.82) is 0 Å². The van der Waals surface area contributed by atoms with Crippen molar-refractivity contribution in [2.45, 2.75) is 52.3 Å². The molecule has 0 heterocycles. The molecule has 1 aromatic rings. The number of rotatable bonds is 15. The zero-order chi connectivity index (χ0) is 28.0. The van der Waals surface area contributed by atoms with Crippen LogP contribution in [0.5, 0.6) is 0 Å². The van der Waals surface area contributed by atoms with Gasteiger partial charge in [-0.05, 0) is 50.0 Å². The van der Waals surface area contributed by atoms with Crippen LogP contribution in [0.15, 0.2) is 24.3 Å². The van der Waals surface area contributed by atoms with E-state index in [9.17, 15) is 19.2 Å². The summed E-state index contributed by atoms with van der Waals surface area (Å²) in [4.78, 5) is 52.1. The van der Waals surface area contributed by atoms with E-state index in [4.69, 9.17) is 16.2 Å². The molecule has 0 saturated carbocycles. The molecule has 1 unspecified atom stereocenters. The third kappa shape index (κ3) is 12.4. The van der Waals surface area contributed by atoms with Crippen molar-refractivity contribution in [2.75, 3.05) is 45.6 Å². The van der Waals surface area contributed by atoms with E-state index in [1.54, 1.807) is 31.3 Å². The summed E-state index contributed by atoms with van der Waals surface area (Å²) in [5, 5.41) is 7.94. The number of hydrogen-bond acceptors (Lipinski definition) is 7. The molecule has 1 aromatic carbocycles. The number of carbonyl (C=O) groups is 4. The topological polar surface area (TPSA) is 172 Å². The fraction of sp³-hybridized carbons (Fsp3) is 0.600. The molecule has 0 aliphatic carbocycles. The molecule has 0 aliphatic rings. The predicted octanol–water partition coefficient (Wildman–Crippen LogP) is 1.06. The van der Waals surface area contributed by atoms with Crippen molar-refractivity contribution >= 4 is 29.6 Å². The number of amides is 5. The van der Waals surface area contributed by atoms with Crippen LogP contribution in [0.25, 0.3) is 0 Å². The first kappa shape index (κ1) is 31.6. The van der Waals surface area contributed by atoms with Crippen molar-refractivity contribution in [1.82, 2.24) is 20.4 Å². The molecule has 0 aromatic heterocycles. The lowest BCUT2D eigenvalue weighted by molar-refractivity contribution is -0.128. The summed E-state index contributed by atoms with van der Waals surface area (Å²) in [5.74, 6) is -0.943. The van der Waals surface area contributed by atoms with E-state index in [0.29, 0.717) is 18.7 Å². The smallest absolute Gasteiger partial charge is 0.409 e. The maximum atomic E-state index is 12.9. The quantitative estimate of drug-likeness (QED) is 0.215. The number of nitrogens with zero attached hydrogens (tertiary/aromatic N) is 2. The van der Waals surface area contributed by atoms with Gasteiger partial charge in [0.15, 0.2) is 0 Å². The Bertz CT molecular complexity index is 879. The molecule has 0 radical (unpaired) electrons. The van der Waals surface area contributed by atoms with E-state index in [2.05, 4.69) is 20.9 Å². The van der Waals surface area contributed by atoms with E-state index >= 15 is 0 Å². The minimum Gasteiger partial charge on any atom is -0.445 e. The third-order valence-corrected chi connectivity index (χ3v) is 5.88. The Morgan fingerprint density at radius 1 is 1.03 bits per heavy atom. The van der Waals surface area contributed by atoms with Crippen LogP contribution < -0.4 is 27.4 Å². The van der Waals surface area contributed by atoms with Gasteiger partial charge in [-0.3, -0.25) is 9.59 Å². The number of primary amides is 1. The molecule has 37 heavy (non-hydrogen) atoms. The summed E-state index contributed by atoms with van der Waals surface area (Å²) < 4.78 is 5.36. The van der Waals surface area contributed by atoms with Gasteiger partial charge in [-0.15, -0.1) is 0 Å². The second-order valence-electron chi connectivity index (χ2n) is 9.32. The van der Waals surface area contributed by atoms with Gasteiger partial charge in [-0.1, -0.05) is 32.9 Å². The molecular weight excluding hydrogens is 478 g/mol. The first-order valence-electron chi connectivity index (χ1n) is 12.5. The first-order valence-corrected chi connectivity index (χ1v) is 12.5. The van der Waals surface area contributed by atoms with E-state index in [0.717, 1.165) is 18.7 Å². The van der Waals surface area contributed by atoms with Gasteiger partial charge in [-0.2, -0.15) is 0 Å². The second kappa shape index (κ2) is 16.4. The Balaban J connectivity index is 2.68. The largest absolute Gasteiger partial charge is 0.445 e. The number of likely N-dealkylation sites (N-methyl/N-ethyl adjacent to an activating group) is 2. The molecule has 0 saturated heterocycles. The van der Waals surface area contributed by atoms with Crippen molar-refractivity contribution in [3.05, 3.63) is 29.8 Å². The van der Waals surface area contributed by atoms with E-state index < -0.39 is 36.0 Å². The monoisotopic (exact) mass is 521 g/mol. The summed E-state index contributed by atoms with van der Waals surface area (Å²) in [6, 6.07) is 4.60. The number of carbonyl (C=O) groups excluding carboxylic acids is 4. The zero-order valence-corrected chi connectivity index (χ0v) is 22.6. The van der Waals surface area contributed by atoms with Gasteiger partial charge in [0.1, 0.15) is 12.6 Å². The lowest BCUT2D eigenvalue weighted by atomic mass is 10.0. The molecule has 12 heteroatoms. The number of benzene rings is 1. The van der Waals surface area contributed by atoms with Crippen molar-refractivity contribution in [2.24, 2.45) is 17.4 Å². The molecule has 1 rings (SSSR count). The Morgan fingerprint density at radius 3 is 2.24 bits per heavy atom. The summed E-state index contributed by atoms with van der Waals surface area (Å²) in [5.41, 5.74) is 12.3. The lowest BCUT2D eigenvalue weighted by Crippen LogP contribution is -2.51. The average Bonchev–Trinajstić information content (AvgIpc) is 2.87. The molecular formula is C25H43N7O5. The van der Waals surface area contributed by atoms with Crippen LogP contribution in [0.2, 0.25) is 0 Å². The number of urea groups is 1.